The second-order valence-corrected chi connectivity index (χ2v) is 5.66. The van der Waals surface area contributed by atoms with Crippen molar-refractivity contribution < 1.29 is 14.7 Å². The Hall–Kier alpha value is -1.26. The summed E-state index contributed by atoms with van der Waals surface area (Å²) in [4.78, 5) is 26.0. The van der Waals surface area contributed by atoms with Gasteiger partial charge in [-0.3, -0.25) is 4.79 Å². The first-order chi connectivity index (χ1) is 8.11. The SMILES string of the molecule is CCN(CCC(=O)O)C(=O)N(C)C(C)C(C)(C)C. The summed E-state index contributed by atoms with van der Waals surface area (Å²) in [5.74, 6) is -0.882. The Kier molecular flexibility index (Phi) is 6.15. The molecule has 0 fully saturated rings. The van der Waals surface area contributed by atoms with Gasteiger partial charge in [0.25, 0.3) is 0 Å². The van der Waals surface area contributed by atoms with Crippen LogP contribution in [0.3, 0.4) is 0 Å². The highest BCUT2D eigenvalue weighted by Crippen LogP contribution is 2.23. The van der Waals surface area contributed by atoms with E-state index in [1.54, 1.807) is 16.8 Å². The van der Waals surface area contributed by atoms with Crippen LogP contribution in [0.5, 0.6) is 0 Å². The summed E-state index contributed by atoms with van der Waals surface area (Å²) in [5, 5.41) is 8.67. The number of nitrogens with zero attached hydrogens (tertiary/aromatic N) is 2. The Morgan fingerprint density at radius 1 is 1.28 bits per heavy atom. The van der Waals surface area contributed by atoms with Gasteiger partial charge in [0.05, 0.1) is 6.42 Å². The van der Waals surface area contributed by atoms with Gasteiger partial charge in [0.1, 0.15) is 0 Å². The zero-order chi connectivity index (χ0) is 14.5. The van der Waals surface area contributed by atoms with E-state index in [1.165, 1.54) is 0 Å². The molecule has 2 amide bonds. The van der Waals surface area contributed by atoms with Gasteiger partial charge in [-0.2, -0.15) is 0 Å². The van der Waals surface area contributed by atoms with Gasteiger partial charge in [-0.25, -0.2) is 4.79 Å². The molecule has 1 N–H and O–H groups in total. The van der Waals surface area contributed by atoms with E-state index in [-0.39, 0.29) is 30.5 Å². The molecule has 0 spiro atoms. The maximum atomic E-state index is 12.2. The number of carbonyl (C=O) groups is 2. The Balaban J connectivity index is 4.63. The average molecular weight is 258 g/mol. The van der Waals surface area contributed by atoms with E-state index in [1.807, 2.05) is 13.8 Å². The summed E-state index contributed by atoms with van der Waals surface area (Å²) in [6.07, 6.45) is -0.0165. The van der Waals surface area contributed by atoms with E-state index in [2.05, 4.69) is 20.8 Å². The van der Waals surface area contributed by atoms with E-state index in [4.69, 9.17) is 5.11 Å². The highest BCUT2D eigenvalue weighted by atomic mass is 16.4. The lowest BCUT2D eigenvalue weighted by molar-refractivity contribution is -0.137. The fourth-order valence-electron chi connectivity index (χ4n) is 1.59. The van der Waals surface area contributed by atoms with Gasteiger partial charge < -0.3 is 14.9 Å². The minimum absolute atomic E-state index is 0.00335. The summed E-state index contributed by atoms with van der Waals surface area (Å²) in [6.45, 7) is 10.9. The number of hydrogen-bond acceptors (Lipinski definition) is 2. The number of carboxylic acids is 1. The van der Waals surface area contributed by atoms with Gasteiger partial charge in [0.2, 0.25) is 0 Å². The smallest absolute Gasteiger partial charge is 0.320 e. The molecular formula is C13H26N2O3. The van der Waals surface area contributed by atoms with Gasteiger partial charge in [-0.15, -0.1) is 0 Å². The van der Waals surface area contributed by atoms with Gasteiger partial charge >= 0.3 is 12.0 Å². The molecule has 0 rings (SSSR count). The van der Waals surface area contributed by atoms with Crippen molar-refractivity contribution in [2.45, 2.75) is 47.1 Å². The lowest BCUT2D eigenvalue weighted by Crippen LogP contribution is -2.49. The summed E-state index contributed by atoms with van der Waals surface area (Å²) >= 11 is 0. The van der Waals surface area contributed by atoms with Crippen molar-refractivity contribution in [3.05, 3.63) is 0 Å². The van der Waals surface area contributed by atoms with Crippen LogP contribution >= 0.6 is 0 Å². The second kappa shape index (κ2) is 6.61. The fraction of sp³-hybridized carbons (Fsp3) is 0.846. The molecule has 0 aromatic rings. The van der Waals surface area contributed by atoms with Crippen LogP contribution in [0.2, 0.25) is 0 Å². The van der Waals surface area contributed by atoms with Crippen molar-refractivity contribution in [2.24, 2.45) is 5.41 Å². The normalized spacial score (nSPS) is 13.0. The van der Waals surface area contributed by atoms with Crippen LogP contribution in [0, 0.1) is 5.41 Å². The number of aliphatic carboxylic acids is 1. The van der Waals surface area contributed by atoms with Crippen molar-refractivity contribution in [1.82, 2.24) is 9.80 Å². The van der Waals surface area contributed by atoms with E-state index in [0.29, 0.717) is 6.54 Å². The van der Waals surface area contributed by atoms with Gasteiger partial charge in [0, 0.05) is 26.2 Å². The van der Waals surface area contributed by atoms with E-state index in [9.17, 15) is 9.59 Å². The zero-order valence-corrected chi connectivity index (χ0v) is 12.4. The molecule has 0 radical (unpaired) electrons. The number of rotatable bonds is 5. The van der Waals surface area contributed by atoms with E-state index in [0.717, 1.165) is 0 Å². The molecule has 1 unspecified atom stereocenters. The molecule has 0 aliphatic heterocycles. The molecule has 0 saturated carbocycles. The van der Waals surface area contributed by atoms with Crippen LogP contribution < -0.4 is 0 Å². The number of amides is 2. The molecular weight excluding hydrogens is 232 g/mol. The molecule has 0 aliphatic carbocycles. The highest BCUT2D eigenvalue weighted by molar-refractivity contribution is 5.75. The topological polar surface area (TPSA) is 60.9 Å². The number of carboxylic acid groups (broad SMARTS) is 1. The molecule has 0 bridgehead atoms. The molecule has 106 valence electrons. The monoisotopic (exact) mass is 258 g/mol. The van der Waals surface area contributed by atoms with Crippen LogP contribution in [0.1, 0.15) is 41.0 Å². The minimum Gasteiger partial charge on any atom is -0.481 e. The molecule has 5 nitrogen and oxygen atoms in total. The molecule has 0 aromatic heterocycles. The molecule has 5 heteroatoms. The number of carbonyl (C=O) groups excluding carboxylic acids is 1. The predicted molar refractivity (Wildman–Crippen MR) is 71.6 cm³/mol. The van der Waals surface area contributed by atoms with Crippen LogP contribution in [-0.4, -0.2) is 53.1 Å². The third-order valence-electron chi connectivity index (χ3n) is 3.38. The first-order valence-corrected chi connectivity index (χ1v) is 6.34. The third-order valence-corrected chi connectivity index (χ3v) is 3.38. The molecule has 0 aliphatic rings. The van der Waals surface area contributed by atoms with Crippen LogP contribution in [0.25, 0.3) is 0 Å². The fourth-order valence-corrected chi connectivity index (χ4v) is 1.59. The van der Waals surface area contributed by atoms with Crippen LogP contribution in [0.4, 0.5) is 4.79 Å². The summed E-state index contributed by atoms with van der Waals surface area (Å²) in [5.41, 5.74) is -0.00335. The minimum atomic E-state index is -0.882. The first kappa shape index (κ1) is 16.7. The molecule has 1 atom stereocenters. The van der Waals surface area contributed by atoms with Gasteiger partial charge in [-0.1, -0.05) is 20.8 Å². The van der Waals surface area contributed by atoms with Gasteiger partial charge in [0.15, 0.2) is 0 Å². The lowest BCUT2D eigenvalue weighted by Gasteiger charge is -2.38. The first-order valence-electron chi connectivity index (χ1n) is 6.34. The molecule has 18 heavy (non-hydrogen) atoms. The Morgan fingerprint density at radius 2 is 1.78 bits per heavy atom. The number of urea groups is 1. The van der Waals surface area contributed by atoms with E-state index >= 15 is 0 Å². The van der Waals surface area contributed by atoms with Crippen LogP contribution in [-0.2, 0) is 4.79 Å². The Bertz CT molecular complexity index is 297. The third kappa shape index (κ3) is 4.94. The summed E-state index contributed by atoms with van der Waals surface area (Å²) in [6, 6.07) is -0.0231. The van der Waals surface area contributed by atoms with Crippen molar-refractivity contribution in [3.63, 3.8) is 0 Å². The quantitative estimate of drug-likeness (QED) is 0.823. The molecule has 0 aromatic carbocycles. The lowest BCUT2D eigenvalue weighted by atomic mass is 9.87. The number of hydrogen-bond donors (Lipinski definition) is 1. The highest BCUT2D eigenvalue weighted by Gasteiger charge is 2.29. The van der Waals surface area contributed by atoms with Crippen molar-refractivity contribution in [3.8, 4) is 0 Å². The average Bonchev–Trinajstić information content (AvgIpc) is 2.25. The maximum Gasteiger partial charge on any atom is 0.320 e. The summed E-state index contributed by atoms with van der Waals surface area (Å²) in [7, 11) is 1.77. The standard InChI is InChI=1S/C13H26N2O3/c1-7-15(9-8-11(16)17)12(18)14(6)10(2)13(3,4)5/h10H,7-9H2,1-6H3,(H,16,17). The van der Waals surface area contributed by atoms with Crippen molar-refractivity contribution in [1.29, 1.82) is 0 Å². The Morgan fingerprint density at radius 3 is 2.11 bits per heavy atom. The predicted octanol–water partition coefficient (Wildman–Crippen LogP) is 2.27. The molecule has 0 heterocycles. The Labute approximate surface area is 110 Å². The van der Waals surface area contributed by atoms with Crippen molar-refractivity contribution >= 4 is 12.0 Å². The van der Waals surface area contributed by atoms with Crippen LogP contribution in [0.15, 0.2) is 0 Å². The van der Waals surface area contributed by atoms with E-state index < -0.39 is 5.97 Å². The largest absolute Gasteiger partial charge is 0.481 e. The summed E-state index contributed by atoms with van der Waals surface area (Å²) < 4.78 is 0. The molecule has 0 saturated heterocycles. The maximum absolute atomic E-state index is 12.2. The van der Waals surface area contributed by atoms with Gasteiger partial charge in [-0.05, 0) is 19.3 Å². The zero-order valence-electron chi connectivity index (χ0n) is 12.4. The van der Waals surface area contributed by atoms with Crippen molar-refractivity contribution in [2.75, 3.05) is 20.1 Å². The second-order valence-electron chi connectivity index (χ2n) is 5.66.